The van der Waals surface area contributed by atoms with E-state index < -0.39 is 7.92 Å². The van der Waals surface area contributed by atoms with Gasteiger partial charge >= 0.3 is 0 Å². The molecule has 0 fully saturated rings. The fraction of sp³-hybridized carbons (Fsp3) is 0.286. The van der Waals surface area contributed by atoms with Crippen LogP contribution < -0.4 is 19.5 Å². The maximum absolute atomic E-state index is 6.59. The smallest absolute Gasteiger partial charge is 0.130 e. The maximum atomic E-state index is 6.59. The fourth-order valence-electron chi connectivity index (χ4n) is 4.33. The van der Waals surface area contributed by atoms with Gasteiger partial charge in [-0.15, -0.1) is 0 Å². The molecule has 3 aromatic rings. The molecule has 0 spiro atoms. The summed E-state index contributed by atoms with van der Waals surface area (Å²) in [6, 6.07) is 22.7. The molecule has 2 atom stereocenters. The number of methoxy groups -OCH3 is 2. The van der Waals surface area contributed by atoms with Crippen LogP contribution in [0.4, 0.5) is 0 Å². The zero-order valence-corrected chi connectivity index (χ0v) is 20.4. The van der Waals surface area contributed by atoms with Crippen LogP contribution in [-0.2, 0) is 0 Å². The lowest BCUT2D eigenvalue weighted by Crippen LogP contribution is -2.24. The summed E-state index contributed by atoms with van der Waals surface area (Å²) in [5, 5.41) is 1.38. The first kappa shape index (κ1) is 22.4. The fourth-order valence-corrected chi connectivity index (χ4v) is 7.52. The minimum Gasteiger partial charge on any atom is -0.496 e. The number of benzene rings is 3. The van der Waals surface area contributed by atoms with Crippen molar-refractivity contribution in [1.82, 2.24) is 0 Å². The molecular formula is C28H31O3P. The van der Waals surface area contributed by atoms with E-state index in [4.69, 9.17) is 14.2 Å². The van der Waals surface area contributed by atoms with Crippen molar-refractivity contribution in [3.05, 3.63) is 78.4 Å². The highest BCUT2D eigenvalue weighted by Crippen LogP contribution is 2.61. The summed E-state index contributed by atoms with van der Waals surface area (Å²) >= 11 is 0. The van der Waals surface area contributed by atoms with Crippen molar-refractivity contribution < 1.29 is 14.2 Å². The van der Waals surface area contributed by atoms with Gasteiger partial charge in [-0.2, -0.15) is 0 Å². The van der Waals surface area contributed by atoms with Crippen LogP contribution in [0.3, 0.4) is 0 Å². The molecule has 1 aliphatic rings. The van der Waals surface area contributed by atoms with Crippen LogP contribution in [-0.4, -0.2) is 25.2 Å². The van der Waals surface area contributed by atoms with Crippen LogP contribution in [0.1, 0.15) is 32.8 Å². The van der Waals surface area contributed by atoms with E-state index in [9.17, 15) is 0 Å². The number of ether oxygens (including phenoxy) is 3. The Hall–Kier alpha value is -2.77. The van der Waals surface area contributed by atoms with E-state index in [1.165, 1.54) is 10.9 Å². The van der Waals surface area contributed by atoms with Gasteiger partial charge in [0, 0.05) is 17.3 Å². The van der Waals surface area contributed by atoms with Crippen molar-refractivity contribution >= 4 is 19.3 Å². The number of hydrogen-bond donors (Lipinski definition) is 0. The summed E-state index contributed by atoms with van der Waals surface area (Å²) in [5.41, 5.74) is 3.35. The molecule has 0 saturated carbocycles. The quantitative estimate of drug-likeness (QED) is 0.378. The molecule has 0 radical (unpaired) electrons. The normalized spacial score (nSPS) is 17.8. The molecular weight excluding hydrogens is 415 g/mol. The third kappa shape index (κ3) is 4.40. The van der Waals surface area contributed by atoms with Gasteiger partial charge in [0.15, 0.2) is 0 Å². The Bertz CT molecular complexity index is 1080. The Morgan fingerprint density at radius 1 is 0.875 bits per heavy atom. The summed E-state index contributed by atoms with van der Waals surface area (Å²) in [6.07, 6.45) is 5.30. The minimum absolute atomic E-state index is 0.0805. The van der Waals surface area contributed by atoms with Crippen molar-refractivity contribution in [2.75, 3.05) is 14.2 Å². The molecule has 0 N–H and O–H groups in total. The van der Waals surface area contributed by atoms with Crippen molar-refractivity contribution in [3.8, 4) is 28.4 Å². The van der Waals surface area contributed by atoms with Crippen LogP contribution in [0.25, 0.3) is 17.2 Å². The Morgan fingerprint density at radius 2 is 1.53 bits per heavy atom. The van der Waals surface area contributed by atoms with Crippen LogP contribution in [0, 0.1) is 0 Å². The predicted molar refractivity (Wildman–Crippen MR) is 136 cm³/mol. The molecule has 0 amide bonds. The predicted octanol–water partition coefficient (Wildman–Crippen LogP) is 7.10. The first-order valence-electron chi connectivity index (χ1n) is 11.0. The summed E-state index contributed by atoms with van der Waals surface area (Å²) in [5.74, 6) is 2.74. The summed E-state index contributed by atoms with van der Waals surface area (Å²) in [4.78, 5) is 0. The third-order valence-corrected chi connectivity index (χ3v) is 8.94. The lowest BCUT2D eigenvalue weighted by Gasteiger charge is -2.32. The van der Waals surface area contributed by atoms with Crippen LogP contribution >= 0.6 is 7.92 Å². The van der Waals surface area contributed by atoms with Gasteiger partial charge in [-0.25, -0.2) is 0 Å². The second-order valence-corrected chi connectivity index (χ2v) is 12.0. The van der Waals surface area contributed by atoms with Crippen LogP contribution in [0.2, 0.25) is 0 Å². The van der Waals surface area contributed by atoms with E-state index >= 15 is 0 Å². The molecule has 1 aliphatic heterocycles. The monoisotopic (exact) mass is 446 g/mol. The summed E-state index contributed by atoms with van der Waals surface area (Å²) in [7, 11) is 2.81. The molecule has 1 heterocycles. The van der Waals surface area contributed by atoms with Crippen LogP contribution in [0.15, 0.2) is 72.8 Å². The average Bonchev–Trinajstić information content (AvgIpc) is 3.18. The van der Waals surface area contributed by atoms with Gasteiger partial charge < -0.3 is 14.2 Å². The average molecular weight is 447 g/mol. The lowest BCUT2D eigenvalue weighted by atomic mass is 10.0. The molecule has 0 aliphatic carbocycles. The maximum Gasteiger partial charge on any atom is 0.130 e. The first-order chi connectivity index (χ1) is 15.4. The molecule has 0 bridgehead atoms. The lowest BCUT2D eigenvalue weighted by molar-refractivity contribution is 0.296. The van der Waals surface area contributed by atoms with Gasteiger partial charge in [-0.05, 0) is 36.8 Å². The van der Waals surface area contributed by atoms with E-state index in [1.807, 2.05) is 24.3 Å². The first-order valence-corrected chi connectivity index (χ1v) is 12.4. The highest BCUT2D eigenvalue weighted by Gasteiger charge is 2.43. The van der Waals surface area contributed by atoms with E-state index in [2.05, 4.69) is 75.4 Å². The van der Waals surface area contributed by atoms with E-state index in [0.717, 1.165) is 34.8 Å². The molecule has 0 saturated heterocycles. The van der Waals surface area contributed by atoms with Crippen LogP contribution in [0.5, 0.6) is 17.2 Å². The van der Waals surface area contributed by atoms with Gasteiger partial charge in [-0.1, -0.05) is 81.5 Å². The van der Waals surface area contributed by atoms with E-state index in [0.29, 0.717) is 0 Å². The Labute approximate surface area is 192 Å². The van der Waals surface area contributed by atoms with Crippen molar-refractivity contribution in [2.45, 2.75) is 38.2 Å². The van der Waals surface area contributed by atoms with Gasteiger partial charge in [0.25, 0.3) is 0 Å². The van der Waals surface area contributed by atoms with Gasteiger partial charge in [-0.3, -0.25) is 0 Å². The SMILES string of the molecule is COc1cccc(OC)c1-c1cccc2c1P(C(C)(C)C)[C@H](C/C=C/c1ccccc1)O2. The number of rotatable bonds is 6. The number of hydrogen-bond acceptors (Lipinski definition) is 3. The van der Waals surface area contributed by atoms with Gasteiger partial charge in [0.05, 0.1) is 19.8 Å². The molecule has 32 heavy (non-hydrogen) atoms. The molecule has 4 heteroatoms. The largest absolute Gasteiger partial charge is 0.496 e. The number of fused-ring (bicyclic) bond motifs is 1. The Morgan fingerprint density at radius 3 is 2.16 bits per heavy atom. The topological polar surface area (TPSA) is 27.7 Å². The second-order valence-electron chi connectivity index (χ2n) is 8.85. The Kier molecular flexibility index (Phi) is 6.58. The standard InChI is InChI=1S/C28H31O3P/c1-28(2,3)32-25(19-9-14-20-12-7-6-8-13-20)31-24-18-10-15-21(27(24)32)26-22(29-4)16-11-17-23(26)30-5/h6-18,25H,19H2,1-5H3/b14-9+/t25-,32?/m1/s1. The highest BCUT2D eigenvalue weighted by molar-refractivity contribution is 7.68. The zero-order chi connectivity index (χ0) is 22.7. The second kappa shape index (κ2) is 9.38. The van der Waals surface area contributed by atoms with E-state index in [1.54, 1.807) is 14.2 Å². The van der Waals surface area contributed by atoms with Gasteiger partial charge in [0.1, 0.15) is 23.1 Å². The molecule has 3 aromatic carbocycles. The molecule has 0 aromatic heterocycles. The highest BCUT2D eigenvalue weighted by atomic mass is 31.1. The molecule has 1 unspecified atom stereocenters. The van der Waals surface area contributed by atoms with Crippen molar-refractivity contribution in [3.63, 3.8) is 0 Å². The van der Waals surface area contributed by atoms with Crippen molar-refractivity contribution in [2.24, 2.45) is 0 Å². The molecule has 3 nitrogen and oxygen atoms in total. The summed E-state index contributed by atoms with van der Waals surface area (Å²) < 4.78 is 18.1. The summed E-state index contributed by atoms with van der Waals surface area (Å²) in [6.45, 7) is 6.96. The molecule has 4 rings (SSSR count). The zero-order valence-electron chi connectivity index (χ0n) is 19.5. The van der Waals surface area contributed by atoms with Crippen molar-refractivity contribution in [1.29, 1.82) is 0 Å². The minimum atomic E-state index is -0.610. The van der Waals surface area contributed by atoms with Gasteiger partial charge in [0.2, 0.25) is 0 Å². The van der Waals surface area contributed by atoms with E-state index in [-0.39, 0.29) is 11.0 Å². The Balaban J connectivity index is 1.76. The third-order valence-electron chi connectivity index (χ3n) is 5.66. The molecule has 166 valence electrons.